The standard InChI is InChI=1S/C15H25N3/c1-17(2)15(9-6-10-15)12-18(3)11-13-7-4-5-8-14(13)16/h4-5,7-8H,6,9-12,16H2,1-3H3. The zero-order valence-electron chi connectivity index (χ0n) is 11.8. The summed E-state index contributed by atoms with van der Waals surface area (Å²) in [6.45, 7) is 2.05. The third kappa shape index (κ3) is 2.68. The SMILES string of the molecule is CN(Cc1ccccc1N)CC1(N(C)C)CCC1. The maximum atomic E-state index is 6.00. The quantitative estimate of drug-likeness (QED) is 0.810. The number of para-hydroxylation sites is 1. The highest BCUT2D eigenvalue weighted by atomic mass is 15.2. The second-order valence-corrected chi connectivity index (χ2v) is 5.84. The Kier molecular flexibility index (Phi) is 3.93. The normalized spacial score (nSPS) is 18.1. The van der Waals surface area contributed by atoms with Crippen LogP contribution >= 0.6 is 0 Å². The van der Waals surface area contributed by atoms with Gasteiger partial charge in [-0.1, -0.05) is 18.2 Å². The first kappa shape index (κ1) is 13.4. The van der Waals surface area contributed by atoms with Crippen molar-refractivity contribution in [1.29, 1.82) is 0 Å². The Morgan fingerprint density at radius 3 is 2.33 bits per heavy atom. The summed E-state index contributed by atoms with van der Waals surface area (Å²) in [5.41, 5.74) is 8.52. The number of likely N-dealkylation sites (N-methyl/N-ethyl adjacent to an activating group) is 2. The molecule has 2 N–H and O–H groups in total. The molecule has 0 radical (unpaired) electrons. The van der Waals surface area contributed by atoms with E-state index in [1.807, 2.05) is 12.1 Å². The lowest BCUT2D eigenvalue weighted by Gasteiger charge is -2.49. The van der Waals surface area contributed by atoms with Crippen LogP contribution in [-0.4, -0.2) is 43.0 Å². The predicted molar refractivity (Wildman–Crippen MR) is 77.5 cm³/mol. The number of nitrogen functional groups attached to an aromatic ring is 1. The molecule has 0 aromatic heterocycles. The molecule has 0 aliphatic heterocycles. The summed E-state index contributed by atoms with van der Waals surface area (Å²) < 4.78 is 0. The highest BCUT2D eigenvalue weighted by molar-refractivity contribution is 5.46. The van der Waals surface area contributed by atoms with E-state index in [1.165, 1.54) is 24.8 Å². The smallest absolute Gasteiger partial charge is 0.0359 e. The highest BCUT2D eigenvalue weighted by Gasteiger charge is 2.39. The first-order chi connectivity index (χ1) is 8.53. The molecule has 0 bridgehead atoms. The van der Waals surface area contributed by atoms with E-state index in [2.05, 4.69) is 43.1 Å². The minimum Gasteiger partial charge on any atom is -0.398 e. The minimum absolute atomic E-state index is 0.387. The van der Waals surface area contributed by atoms with Gasteiger partial charge in [0.15, 0.2) is 0 Å². The summed E-state index contributed by atoms with van der Waals surface area (Å²) in [5.74, 6) is 0. The molecule has 1 aliphatic carbocycles. The second-order valence-electron chi connectivity index (χ2n) is 5.84. The molecule has 1 saturated carbocycles. The molecule has 18 heavy (non-hydrogen) atoms. The highest BCUT2D eigenvalue weighted by Crippen LogP contribution is 2.36. The fourth-order valence-electron chi connectivity index (χ4n) is 2.86. The molecule has 100 valence electrons. The van der Waals surface area contributed by atoms with Crippen molar-refractivity contribution in [3.05, 3.63) is 29.8 Å². The van der Waals surface area contributed by atoms with E-state index in [1.54, 1.807) is 0 Å². The molecule has 0 spiro atoms. The van der Waals surface area contributed by atoms with Gasteiger partial charge >= 0.3 is 0 Å². The van der Waals surface area contributed by atoms with Crippen molar-refractivity contribution in [3.63, 3.8) is 0 Å². The zero-order chi connectivity index (χ0) is 13.2. The van der Waals surface area contributed by atoms with E-state index in [4.69, 9.17) is 5.73 Å². The first-order valence-electron chi connectivity index (χ1n) is 6.73. The topological polar surface area (TPSA) is 32.5 Å². The van der Waals surface area contributed by atoms with Crippen LogP contribution in [0.1, 0.15) is 24.8 Å². The summed E-state index contributed by atoms with van der Waals surface area (Å²) in [4.78, 5) is 4.78. The molecule has 1 fully saturated rings. The number of hydrogen-bond acceptors (Lipinski definition) is 3. The van der Waals surface area contributed by atoms with Crippen LogP contribution in [-0.2, 0) is 6.54 Å². The van der Waals surface area contributed by atoms with Crippen LogP contribution in [0.15, 0.2) is 24.3 Å². The molecular weight excluding hydrogens is 222 g/mol. The van der Waals surface area contributed by atoms with Crippen LogP contribution in [0.4, 0.5) is 5.69 Å². The van der Waals surface area contributed by atoms with E-state index < -0.39 is 0 Å². The lowest BCUT2D eigenvalue weighted by molar-refractivity contribution is 0.0259. The Morgan fingerprint density at radius 2 is 1.83 bits per heavy atom. The van der Waals surface area contributed by atoms with E-state index in [0.29, 0.717) is 5.54 Å². The lowest BCUT2D eigenvalue weighted by Crippen LogP contribution is -2.56. The van der Waals surface area contributed by atoms with Crippen LogP contribution in [0, 0.1) is 0 Å². The average molecular weight is 247 g/mol. The Morgan fingerprint density at radius 1 is 1.17 bits per heavy atom. The van der Waals surface area contributed by atoms with Crippen LogP contribution in [0.25, 0.3) is 0 Å². The first-order valence-corrected chi connectivity index (χ1v) is 6.73. The van der Waals surface area contributed by atoms with Crippen molar-refractivity contribution >= 4 is 5.69 Å². The van der Waals surface area contributed by atoms with Crippen LogP contribution in [0.2, 0.25) is 0 Å². The molecule has 1 aromatic carbocycles. The Bertz CT molecular complexity index is 396. The van der Waals surface area contributed by atoms with Gasteiger partial charge in [-0.15, -0.1) is 0 Å². The van der Waals surface area contributed by atoms with Gasteiger partial charge in [-0.3, -0.25) is 0 Å². The second kappa shape index (κ2) is 5.29. The minimum atomic E-state index is 0.387. The molecule has 0 atom stereocenters. The number of benzene rings is 1. The van der Waals surface area contributed by atoms with E-state index >= 15 is 0 Å². The van der Waals surface area contributed by atoms with E-state index in [0.717, 1.165) is 18.8 Å². The number of hydrogen-bond donors (Lipinski definition) is 1. The van der Waals surface area contributed by atoms with Gasteiger partial charge in [0, 0.05) is 24.3 Å². The van der Waals surface area contributed by atoms with Crippen molar-refractivity contribution in [2.75, 3.05) is 33.4 Å². The molecule has 3 heteroatoms. The monoisotopic (exact) mass is 247 g/mol. The molecular formula is C15H25N3. The number of rotatable bonds is 5. The van der Waals surface area contributed by atoms with Gasteiger partial charge in [-0.2, -0.15) is 0 Å². The molecule has 0 heterocycles. The molecule has 1 aliphatic rings. The fourth-order valence-corrected chi connectivity index (χ4v) is 2.86. The summed E-state index contributed by atoms with van der Waals surface area (Å²) in [6.07, 6.45) is 3.99. The molecule has 0 amide bonds. The van der Waals surface area contributed by atoms with Crippen molar-refractivity contribution < 1.29 is 0 Å². The molecule has 1 aromatic rings. The summed E-state index contributed by atoms with van der Waals surface area (Å²) in [5, 5.41) is 0. The van der Waals surface area contributed by atoms with Crippen molar-refractivity contribution in [1.82, 2.24) is 9.80 Å². The van der Waals surface area contributed by atoms with Gasteiger partial charge in [0.2, 0.25) is 0 Å². The van der Waals surface area contributed by atoms with Gasteiger partial charge < -0.3 is 15.5 Å². The third-order valence-corrected chi connectivity index (χ3v) is 4.29. The third-order valence-electron chi connectivity index (χ3n) is 4.29. The average Bonchev–Trinajstić information content (AvgIpc) is 2.26. The van der Waals surface area contributed by atoms with E-state index in [9.17, 15) is 0 Å². The van der Waals surface area contributed by atoms with Gasteiger partial charge in [-0.05, 0) is 52.0 Å². The Balaban J connectivity index is 1.97. The predicted octanol–water partition coefficient (Wildman–Crippen LogP) is 2.18. The van der Waals surface area contributed by atoms with Crippen molar-refractivity contribution in [2.24, 2.45) is 0 Å². The maximum Gasteiger partial charge on any atom is 0.0359 e. The molecule has 2 rings (SSSR count). The van der Waals surface area contributed by atoms with Gasteiger partial charge in [0.05, 0.1) is 0 Å². The van der Waals surface area contributed by atoms with E-state index in [-0.39, 0.29) is 0 Å². The molecule has 0 unspecified atom stereocenters. The van der Waals surface area contributed by atoms with Gasteiger partial charge in [-0.25, -0.2) is 0 Å². The molecule has 0 saturated heterocycles. The van der Waals surface area contributed by atoms with Crippen LogP contribution in [0.3, 0.4) is 0 Å². The zero-order valence-corrected chi connectivity index (χ0v) is 11.8. The van der Waals surface area contributed by atoms with Crippen LogP contribution in [0.5, 0.6) is 0 Å². The lowest BCUT2D eigenvalue weighted by atomic mass is 9.75. The largest absolute Gasteiger partial charge is 0.398 e. The number of nitrogens with zero attached hydrogens (tertiary/aromatic N) is 2. The maximum absolute atomic E-state index is 6.00. The summed E-state index contributed by atoms with van der Waals surface area (Å²) >= 11 is 0. The van der Waals surface area contributed by atoms with Gasteiger partial charge in [0.25, 0.3) is 0 Å². The summed E-state index contributed by atoms with van der Waals surface area (Å²) in [7, 11) is 6.59. The summed E-state index contributed by atoms with van der Waals surface area (Å²) in [6, 6.07) is 8.15. The number of nitrogens with two attached hydrogens (primary N) is 1. The van der Waals surface area contributed by atoms with Crippen molar-refractivity contribution in [3.8, 4) is 0 Å². The Hall–Kier alpha value is -1.06. The fraction of sp³-hybridized carbons (Fsp3) is 0.600. The van der Waals surface area contributed by atoms with Gasteiger partial charge in [0.1, 0.15) is 0 Å². The van der Waals surface area contributed by atoms with Crippen LogP contribution < -0.4 is 5.73 Å². The Labute approximate surface area is 111 Å². The van der Waals surface area contributed by atoms with Crippen molar-refractivity contribution in [2.45, 2.75) is 31.3 Å². The number of anilines is 1. The molecule has 3 nitrogen and oxygen atoms in total.